The average Bonchev–Trinajstić information content (AvgIpc) is 2.80. The first-order valence-electron chi connectivity index (χ1n) is 10.5. The van der Waals surface area contributed by atoms with Gasteiger partial charge in [-0.1, -0.05) is 65.2 Å². The van der Waals surface area contributed by atoms with E-state index in [0.717, 1.165) is 16.7 Å². The third kappa shape index (κ3) is 5.03. The molecule has 4 aromatic rings. The zero-order chi connectivity index (χ0) is 24.4. The molecule has 2 aromatic heterocycles. The number of halogens is 2. The van der Waals surface area contributed by atoms with E-state index in [9.17, 15) is 9.59 Å². The summed E-state index contributed by atoms with van der Waals surface area (Å²) in [6.45, 7) is 5.50. The number of aromatic nitrogens is 2. The number of fused-ring (bicyclic) bond motifs is 1. The summed E-state index contributed by atoms with van der Waals surface area (Å²) in [6, 6.07) is 16.5. The molecule has 4 rings (SSSR count). The molecule has 0 saturated carbocycles. The van der Waals surface area contributed by atoms with Crippen LogP contribution in [0.3, 0.4) is 0 Å². The van der Waals surface area contributed by atoms with Gasteiger partial charge < -0.3 is 10.1 Å². The molecule has 0 spiro atoms. The molecule has 0 aliphatic carbocycles. The van der Waals surface area contributed by atoms with Crippen LogP contribution in [0.4, 0.5) is 5.82 Å². The number of pyridine rings is 2. The molecule has 172 valence electrons. The fraction of sp³-hybridized carbons (Fsp3) is 0.154. The second-order valence-corrected chi connectivity index (χ2v) is 8.75. The van der Waals surface area contributed by atoms with Crippen molar-refractivity contribution < 1.29 is 14.3 Å². The number of nitrogens with one attached hydrogen (secondary N) is 1. The predicted molar refractivity (Wildman–Crippen MR) is 134 cm³/mol. The van der Waals surface area contributed by atoms with Crippen molar-refractivity contribution in [1.29, 1.82) is 0 Å². The van der Waals surface area contributed by atoms with Gasteiger partial charge in [0, 0.05) is 17.1 Å². The van der Waals surface area contributed by atoms with Crippen LogP contribution in [0.5, 0.6) is 0 Å². The first kappa shape index (κ1) is 23.7. The van der Waals surface area contributed by atoms with E-state index in [1.807, 2.05) is 44.2 Å². The SMILES string of the molecule is Cc1ccc(-c2cc(C(=O)O[C@H](C)C(=O)Nc3ncc(Cl)cc3Cl)c3ccccc3n2)c(C)c1. The van der Waals surface area contributed by atoms with E-state index >= 15 is 0 Å². The second kappa shape index (κ2) is 9.79. The number of esters is 1. The highest BCUT2D eigenvalue weighted by Gasteiger charge is 2.23. The number of rotatable bonds is 5. The Bertz CT molecular complexity index is 1420. The highest BCUT2D eigenvalue weighted by Crippen LogP contribution is 2.28. The summed E-state index contributed by atoms with van der Waals surface area (Å²) in [5.74, 6) is -1.08. The number of hydrogen-bond acceptors (Lipinski definition) is 5. The lowest BCUT2D eigenvalue weighted by Crippen LogP contribution is -2.30. The van der Waals surface area contributed by atoms with E-state index in [1.165, 1.54) is 19.2 Å². The molecule has 2 aromatic carbocycles. The van der Waals surface area contributed by atoms with Gasteiger partial charge in [-0.2, -0.15) is 0 Å². The lowest BCUT2D eigenvalue weighted by molar-refractivity contribution is -0.123. The number of nitrogens with zero attached hydrogens (tertiary/aromatic N) is 2. The molecule has 8 heteroatoms. The van der Waals surface area contributed by atoms with Crippen molar-refractivity contribution >= 4 is 51.8 Å². The zero-order valence-electron chi connectivity index (χ0n) is 18.7. The smallest absolute Gasteiger partial charge is 0.339 e. The summed E-state index contributed by atoms with van der Waals surface area (Å²) < 4.78 is 5.51. The summed E-state index contributed by atoms with van der Waals surface area (Å²) >= 11 is 11.9. The normalized spacial score (nSPS) is 11.8. The van der Waals surface area contributed by atoms with Gasteiger partial charge in [0.1, 0.15) is 0 Å². The molecule has 1 atom stereocenters. The van der Waals surface area contributed by atoms with Gasteiger partial charge in [-0.05, 0) is 44.5 Å². The predicted octanol–water partition coefficient (Wildman–Crippen LogP) is 6.40. The van der Waals surface area contributed by atoms with Crippen LogP contribution in [0.15, 0.2) is 60.8 Å². The third-order valence-corrected chi connectivity index (χ3v) is 5.79. The lowest BCUT2D eigenvalue weighted by atomic mass is 9.99. The molecule has 0 aliphatic rings. The Labute approximate surface area is 206 Å². The number of hydrogen-bond donors (Lipinski definition) is 1. The minimum atomic E-state index is -1.10. The Kier molecular flexibility index (Phi) is 6.82. The number of para-hydroxylation sites is 1. The topological polar surface area (TPSA) is 81.2 Å². The van der Waals surface area contributed by atoms with Gasteiger partial charge >= 0.3 is 5.97 Å². The third-order valence-electron chi connectivity index (χ3n) is 5.30. The fourth-order valence-electron chi connectivity index (χ4n) is 3.59. The number of anilines is 1. The molecule has 0 saturated heterocycles. The standard InChI is InChI=1S/C26H21Cl2N3O3/c1-14-8-9-18(15(2)10-14)23-12-20(19-6-4-5-7-22(19)30-23)26(33)34-16(3)25(32)31-24-21(28)11-17(27)13-29-24/h4-13,16H,1-3H3,(H,29,31,32)/t16-/m1/s1. The van der Waals surface area contributed by atoms with Crippen molar-refractivity contribution in [3.63, 3.8) is 0 Å². The molecule has 0 radical (unpaired) electrons. The quantitative estimate of drug-likeness (QED) is 0.325. The highest BCUT2D eigenvalue weighted by molar-refractivity contribution is 6.36. The first-order chi connectivity index (χ1) is 16.2. The number of ether oxygens (including phenoxy) is 1. The largest absolute Gasteiger partial charge is 0.449 e. The van der Waals surface area contributed by atoms with Gasteiger partial charge in [-0.15, -0.1) is 0 Å². The summed E-state index contributed by atoms with van der Waals surface area (Å²) in [4.78, 5) is 34.5. The monoisotopic (exact) mass is 493 g/mol. The van der Waals surface area contributed by atoms with Gasteiger partial charge in [0.15, 0.2) is 11.9 Å². The van der Waals surface area contributed by atoms with Gasteiger partial charge in [0.2, 0.25) is 0 Å². The minimum Gasteiger partial charge on any atom is -0.449 e. The molecule has 2 heterocycles. The molecule has 6 nitrogen and oxygen atoms in total. The zero-order valence-corrected chi connectivity index (χ0v) is 20.2. The van der Waals surface area contributed by atoms with E-state index in [1.54, 1.807) is 12.1 Å². The van der Waals surface area contributed by atoms with Gasteiger partial charge in [0.25, 0.3) is 5.91 Å². The Morgan fingerprint density at radius 3 is 2.53 bits per heavy atom. The Morgan fingerprint density at radius 1 is 1.03 bits per heavy atom. The van der Waals surface area contributed by atoms with Crippen LogP contribution >= 0.6 is 23.2 Å². The Morgan fingerprint density at radius 2 is 1.79 bits per heavy atom. The minimum absolute atomic E-state index is 0.130. The van der Waals surface area contributed by atoms with E-state index in [2.05, 4.69) is 16.4 Å². The number of carbonyl (C=O) groups excluding carboxylic acids is 2. The highest BCUT2D eigenvalue weighted by atomic mass is 35.5. The molecule has 1 amide bonds. The number of carbonyl (C=O) groups is 2. The molecule has 34 heavy (non-hydrogen) atoms. The summed E-state index contributed by atoms with van der Waals surface area (Å²) in [6.07, 6.45) is 0.259. The van der Waals surface area contributed by atoms with Crippen molar-refractivity contribution in [3.8, 4) is 11.3 Å². The van der Waals surface area contributed by atoms with Crippen molar-refractivity contribution in [2.75, 3.05) is 5.32 Å². The van der Waals surface area contributed by atoms with Crippen LogP contribution in [-0.2, 0) is 9.53 Å². The van der Waals surface area contributed by atoms with Gasteiger partial charge in [0.05, 0.1) is 26.8 Å². The van der Waals surface area contributed by atoms with Crippen LogP contribution in [0.1, 0.15) is 28.4 Å². The molecular weight excluding hydrogens is 473 g/mol. The fourth-order valence-corrected chi connectivity index (χ4v) is 4.01. The maximum absolute atomic E-state index is 13.2. The molecule has 1 N–H and O–H groups in total. The van der Waals surface area contributed by atoms with Crippen LogP contribution in [-0.4, -0.2) is 27.9 Å². The van der Waals surface area contributed by atoms with E-state index < -0.39 is 18.0 Å². The van der Waals surface area contributed by atoms with Crippen LogP contribution in [0, 0.1) is 13.8 Å². The van der Waals surface area contributed by atoms with Gasteiger partial charge in [-0.3, -0.25) is 4.79 Å². The maximum atomic E-state index is 13.2. The average molecular weight is 494 g/mol. The van der Waals surface area contributed by atoms with Crippen molar-refractivity contribution in [2.24, 2.45) is 0 Å². The molecule has 0 bridgehead atoms. The summed E-state index contributed by atoms with van der Waals surface area (Å²) in [5, 5.41) is 3.70. The summed E-state index contributed by atoms with van der Waals surface area (Å²) in [7, 11) is 0. The molecule has 0 unspecified atom stereocenters. The molecular formula is C26H21Cl2N3O3. The first-order valence-corrected chi connectivity index (χ1v) is 11.3. The van der Waals surface area contributed by atoms with Crippen molar-refractivity contribution in [2.45, 2.75) is 26.9 Å². The number of amides is 1. The number of benzene rings is 2. The van der Waals surface area contributed by atoms with Crippen molar-refractivity contribution in [1.82, 2.24) is 9.97 Å². The van der Waals surface area contributed by atoms with Crippen LogP contribution < -0.4 is 5.32 Å². The lowest BCUT2D eigenvalue weighted by Gasteiger charge is -2.15. The maximum Gasteiger partial charge on any atom is 0.339 e. The Hall–Kier alpha value is -3.48. The summed E-state index contributed by atoms with van der Waals surface area (Å²) in [5.41, 5.74) is 4.72. The molecule has 0 fully saturated rings. The van der Waals surface area contributed by atoms with E-state index in [-0.39, 0.29) is 10.8 Å². The number of aryl methyl sites for hydroxylation is 2. The van der Waals surface area contributed by atoms with Crippen LogP contribution in [0.2, 0.25) is 10.0 Å². The second-order valence-electron chi connectivity index (χ2n) is 7.91. The Balaban J connectivity index is 1.63. The van der Waals surface area contributed by atoms with Crippen LogP contribution in [0.25, 0.3) is 22.2 Å². The van der Waals surface area contributed by atoms with E-state index in [0.29, 0.717) is 27.2 Å². The van der Waals surface area contributed by atoms with E-state index in [4.69, 9.17) is 32.9 Å². The van der Waals surface area contributed by atoms with Gasteiger partial charge in [-0.25, -0.2) is 14.8 Å². The van der Waals surface area contributed by atoms with Crippen molar-refractivity contribution in [3.05, 3.63) is 87.5 Å². The molecule has 0 aliphatic heterocycles.